The van der Waals surface area contributed by atoms with E-state index in [9.17, 15) is 34.8 Å². The van der Waals surface area contributed by atoms with Crippen LogP contribution >= 0.6 is 0 Å². The molecule has 3 rings (SSSR count). The van der Waals surface area contributed by atoms with Gasteiger partial charge in [0.05, 0.1) is 22.4 Å². The first-order chi connectivity index (χ1) is 16.1. The van der Waals surface area contributed by atoms with E-state index in [4.69, 9.17) is 0 Å². The van der Waals surface area contributed by atoms with Gasteiger partial charge in [-0.1, -0.05) is 6.07 Å². The van der Waals surface area contributed by atoms with Gasteiger partial charge in [-0.25, -0.2) is 16.8 Å². The second-order valence-electron chi connectivity index (χ2n) is 7.57. The summed E-state index contributed by atoms with van der Waals surface area (Å²) in [6, 6.07) is 13.2. The lowest BCUT2D eigenvalue weighted by molar-refractivity contribution is -0.137. The molecule has 0 fully saturated rings. The second-order valence-corrected chi connectivity index (χ2v) is 11.0. The zero-order valence-corrected chi connectivity index (χ0v) is 20.0. The van der Waals surface area contributed by atoms with Gasteiger partial charge in [0.15, 0.2) is 0 Å². The molecular formula is C22H20F3N3O5S2. The Hall–Kier alpha value is -3.58. The fourth-order valence-electron chi connectivity index (χ4n) is 3.01. The number of hydrogen-bond donors (Lipinski definition) is 3. The first-order valence-corrected chi connectivity index (χ1v) is 13.2. The predicted octanol–water partition coefficient (Wildman–Crippen LogP) is 4.44. The van der Waals surface area contributed by atoms with Crippen LogP contribution in [0.1, 0.15) is 21.5 Å². The van der Waals surface area contributed by atoms with Crippen LogP contribution in [0, 0.1) is 6.92 Å². The number of benzene rings is 3. The molecule has 13 heteroatoms. The van der Waals surface area contributed by atoms with Gasteiger partial charge < -0.3 is 5.32 Å². The maximum atomic E-state index is 12.9. The number of hydrogen-bond acceptors (Lipinski definition) is 5. The Morgan fingerprint density at radius 3 is 2.06 bits per heavy atom. The molecule has 0 unspecified atom stereocenters. The average Bonchev–Trinajstić information content (AvgIpc) is 2.74. The van der Waals surface area contributed by atoms with Gasteiger partial charge in [-0.05, 0) is 73.2 Å². The van der Waals surface area contributed by atoms with Crippen LogP contribution in [0.4, 0.5) is 30.2 Å². The van der Waals surface area contributed by atoms with Crippen molar-refractivity contribution in [3.05, 3.63) is 83.4 Å². The SMILES string of the molecule is Cc1cc(C(=O)Nc2ccc(S(=O)(=O)Nc3cccc(C(F)(F)F)c3)cc2)ccc1NS(C)(=O)=O. The van der Waals surface area contributed by atoms with Gasteiger partial charge in [-0.3, -0.25) is 14.2 Å². The summed E-state index contributed by atoms with van der Waals surface area (Å²) in [4.78, 5) is 12.3. The van der Waals surface area contributed by atoms with Crippen LogP contribution < -0.4 is 14.8 Å². The van der Waals surface area contributed by atoms with Crippen LogP contribution in [0.25, 0.3) is 0 Å². The molecule has 0 bridgehead atoms. The summed E-state index contributed by atoms with van der Waals surface area (Å²) in [5, 5.41) is 2.59. The second kappa shape index (κ2) is 9.58. The highest BCUT2D eigenvalue weighted by Crippen LogP contribution is 2.31. The molecule has 35 heavy (non-hydrogen) atoms. The van der Waals surface area contributed by atoms with Crippen molar-refractivity contribution in [3.8, 4) is 0 Å². The molecule has 0 aliphatic carbocycles. The number of halogens is 3. The molecule has 0 aliphatic rings. The predicted molar refractivity (Wildman–Crippen MR) is 126 cm³/mol. The molecule has 0 atom stereocenters. The number of rotatable bonds is 7. The van der Waals surface area contributed by atoms with Crippen LogP contribution in [0.2, 0.25) is 0 Å². The Labute approximate surface area is 200 Å². The van der Waals surface area contributed by atoms with E-state index in [0.717, 1.165) is 18.4 Å². The molecule has 0 saturated heterocycles. The molecule has 8 nitrogen and oxygen atoms in total. The summed E-state index contributed by atoms with van der Waals surface area (Å²) in [5.74, 6) is -0.517. The molecule has 0 spiro atoms. The molecule has 3 aromatic carbocycles. The van der Waals surface area contributed by atoms with Gasteiger partial charge in [0, 0.05) is 16.9 Å². The summed E-state index contributed by atoms with van der Waals surface area (Å²) in [6.45, 7) is 1.63. The van der Waals surface area contributed by atoms with Gasteiger partial charge in [0.1, 0.15) is 0 Å². The number of sulfonamides is 2. The molecule has 0 radical (unpaired) electrons. The highest BCUT2D eigenvalue weighted by atomic mass is 32.2. The number of anilines is 3. The molecule has 0 heterocycles. The quantitative estimate of drug-likeness (QED) is 0.420. The third-order valence-corrected chi connectivity index (χ3v) is 6.64. The lowest BCUT2D eigenvalue weighted by Crippen LogP contribution is -2.15. The lowest BCUT2D eigenvalue weighted by atomic mass is 10.1. The molecular weight excluding hydrogens is 507 g/mol. The van der Waals surface area contributed by atoms with E-state index >= 15 is 0 Å². The third kappa shape index (κ3) is 6.96. The van der Waals surface area contributed by atoms with Crippen LogP contribution in [-0.4, -0.2) is 29.0 Å². The maximum absolute atomic E-state index is 12.9. The summed E-state index contributed by atoms with van der Waals surface area (Å²) in [5.41, 5.74) is 0.109. The van der Waals surface area contributed by atoms with Crippen molar-refractivity contribution >= 4 is 43.0 Å². The lowest BCUT2D eigenvalue weighted by Gasteiger charge is -2.12. The molecule has 186 valence electrons. The minimum atomic E-state index is -4.62. The van der Waals surface area contributed by atoms with E-state index in [0.29, 0.717) is 17.3 Å². The van der Waals surface area contributed by atoms with E-state index in [1.54, 1.807) is 6.92 Å². The third-order valence-electron chi connectivity index (χ3n) is 4.65. The number of carbonyl (C=O) groups is 1. The van der Waals surface area contributed by atoms with E-state index in [1.807, 2.05) is 0 Å². The molecule has 3 N–H and O–H groups in total. The number of amides is 1. The molecule has 0 saturated carbocycles. The normalized spacial score (nSPS) is 12.1. The van der Waals surface area contributed by atoms with E-state index in [1.165, 1.54) is 48.5 Å². The fourth-order valence-corrected chi connectivity index (χ4v) is 4.69. The maximum Gasteiger partial charge on any atom is 0.416 e. The van der Waals surface area contributed by atoms with E-state index in [-0.39, 0.29) is 21.8 Å². The van der Waals surface area contributed by atoms with E-state index < -0.39 is 37.7 Å². The monoisotopic (exact) mass is 527 g/mol. The highest BCUT2D eigenvalue weighted by molar-refractivity contribution is 7.92. The Kier molecular flexibility index (Phi) is 7.13. The zero-order valence-electron chi connectivity index (χ0n) is 18.3. The standard InChI is InChI=1S/C22H20F3N3O5S2/c1-14-12-15(6-11-20(14)28-34(2,30)31)21(29)26-17-7-9-19(10-8-17)35(32,33)27-18-5-3-4-16(13-18)22(23,24)25/h3-13,27-28H,1-2H3,(H,26,29). The van der Waals surface area contributed by atoms with Crippen LogP contribution in [0.15, 0.2) is 71.6 Å². The van der Waals surface area contributed by atoms with Crippen LogP contribution in [0.5, 0.6) is 0 Å². The molecule has 0 aliphatic heterocycles. The first-order valence-electron chi connectivity index (χ1n) is 9.84. The largest absolute Gasteiger partial charge is 0.416 e. The Morgan fingerprint density at radius 1 is 0.829 bits per heavy atom. The first kappa shape index (κ1) is 26.0. The summed E-state index contributed by atoms with van der Waals surface area (Å²) < 4.78 is 90.9. The number of nitrogens with one attached hydrogen (secondary N) is 3. The van der Waals surface area contributed by atoms with Crippen molar-refractivity contribution in [1.82, 2.24) is 0 Å². The van der Waals surface area contributed by atoms with Crippen molar-refractivity contribution in [2.75, 3.05) is 21.0 Å². The van der Waals surface area contributed by atoms with Gasteiger partial charge in [-0.2, -0.15) is 13.2 Å². The van der Waals surface area contributed by atoms with Crippen molar-refractivity contribution in [1.29, 1.82) is 0 Å². The molecule has 1 amide bonds. The average molecular weight is 528 g/mol. The number of alkyl halides is 3. The van der Waals surface area contributed by atoms with Crippen molar-refractivity contribution in [3.63, 3.8) is 0 Å². The smallest absolute Gasteiger partial charge is 0.322 e. The minimum Gasteiger partial charge on any atom is -0.322 e. The van der Waals surface area contributed by atoms with Crippen molar-refractivity contribution in [2.24, 2.45) is 0 Å². The van der Waals surface area contributed by atoms with Crippen LogP contribution in [0.3, 0.4) is 0 Å². The van der Waals surface area contributed by atoms with Gasteiger partial charge in [0.25, 0.3) is 15.9 Å². The zero-order chi connectivity index (χ0) is 26.0. The van der Waals surface area contributed by atoms with Gasteiger partial charge >= 0.3 is 6.18 Å². The Balaban J connectivity index is 1.72. The molecule has 3 aromatic rings. The summed E-state index contributed by atoms with van der Waals surface area (Å²) >= 11 is 0. The van der Waals surface area contributed by atoms with Crippen molar-refractivity contribution < 1.29 is 34.8 Å². The topological polar surface area (TPSA) is 121 Å². The Bertz CT molecular complexity index is 1470. The Morgan fingerprint density at radius 2 is 1.49 bits per heavy atom. The minimum absolute atomic E-state index is 0.222. The number of carbonyl (C=O) groups excluding carboxylic acids is 1. The van der Waals surface area contributed by atoms with Crippen molar-refractivity contribution in [2.45, 2.75) is 18.0 Å². The van der Waals surface area contributed by atoms with Gasteiger partial charge in [-0.15, -0.1) is 0 Å². The van der Waals surface area contributed by atoms with E-state index in [2.05, 4.69) is 14.8 Å². The summed E-state index contributed by atoms with van der Waals surface area (Å²) in [7, 11) is -7.67. The van der Waals surface area contributed by atoms with Gasteiger partial charge in [0.2, 0.25) is 10.0 Å². The van der Waals surface area contributed by atoms with Crippen LogP contribution in [-0.2, 0) is 26.2 Å². The summed E-state index contributed by atoms with van der Waals surface area (Å²) in [6.07, 6.45) is -3.61. The molecule has 0 aromatic heterocycles. The fraction of sp³-hybridized carbons (Fsp3) is 0.136. The number of aryl methyl sites for hydroxylation is 1. The highest BCUT2D eigenvalue weighted by Gasteiger charge is 2.30.